The summed E-state index contributed by atoms with van der Waals surface area (Å²) in [5.41, 5.74) is 1.20. The number of benzene rings is 4. The van der Waals surface area contributed by atoms with E-state index >= 15 is 0 Å². The monoisotopic (exact) mass is 666 g/mol. The molecule has 0 aliphatic carbocycles. The van der Waals surface area contributed by atoms with Gasteiger partial charge in [0.2, 0.25) is 0 Å². The highest BCUT2D eigenvalue weighted by atomic mass is 16.6. The lowest BCUT2D eigenvalue weighted by Crippen LogP contribution is -2.62. The van der Waals surface area contributed by atoms with Gasteiger partial charge in [-0.15, -0.1) is 0 Å². The van der Waals surface area contributed by atoms with Gasteiger partial charge in [0.15, 0.2) is 18.0 Å². The van der Waals surface area contributed by atoms with Crippen molar-refractivity contribution in [1.29, 1.82) is 0 Å². The molecule has 0 bridgehead atoms. The molecule has 0 saturated carbocycles. The average Bonchev–Trinajstić information content (AvgIpc) is 3.15. The maximum Gasteiger partial charge on any atom is 0.254 e. The molecule has 4 atom stereocenters. The van der Waals surface area contributed by atoms with Crippen LogP contribution in [0.5, 0.6) is 0 Å². The van der Waals surface area contributed by atoms with Crippen molar-refractivity contribution in [2.45, 2.75) is 50.3 Å². The third kappa shape index (κ3) is 10.6. The number of likely N-dealkylation sites (N-methyl/N-ethyl adjacent to an activating group) is 1. The van der Waals surface area contributed by atoms with Crippen LogP contribution < -0.4 is 0 Å². The fourth-order valence-corrected chi connectivity index (χ4v) is 5.75. The van der Waals surface area contributed by atoms with E-state index in [9.17, 15) is 14.7 Å². The molecule has 1 aliphatic rings. The summed E-state index contributed by atoms with van der Waals surface area (Å²) in [7, 11) is 2.02. The number of ether oxygens (including phenoxy) is 4. The molecule has 0 radical (unpaired) electrons. The summed E-state index contributed by atoms with van der Waals surface area (Å²) in [6.07, 6.45) is -3.37. The molecule has 0 spiro atoms. The number of aldehydes is 1. The van der Waals surface area contributed by atoms with E-state index in [1.165, 1.54) is 0 Å². The lowest BCUT2D eigenvalue weighted by Gasteiger charge is -2.41. The van der Waals surface area contributed by atoms with Crippen LogP contribution in [0.15, 0.2) is 121 Å². The van der Waals surface area contributed by atoms with Crippen molar-refractivity contribution in [3.8, 4) is 0 Å². The fourth-order valence-electron chi connectivity index (χ4n) is 5.75. The third-order valence-electron chi connectivity index (χ3n) is 8.63. The van der Waals surface area contributed by atoms with Crippen LogP contribution in [0.3, 0.4) is 0 Å². The molecule has 9 nitrogen and oxygen atoms in total. The van der Waals surface area contributed by atoms with Crippen LogP contribution in [0.4, 0.5) is 0 Å². The number of hydrogen-bond donors (Lipinski definition) is 1. The van der Waals surface area contributed by atoms with E-state index in [-0.39, 0.29) is 32.3 Å². The van der Waals surface area contributed by atoms with Crippen LogP contribution in [-0.4, -0.2) is 90.8 Å². The Bertz CT molecular complexity index is 1540. The van der Waals surface area contributed by atoms with Crippen molar-refractivity contribution < 1.29 is 33.6 Å². The predicted molar refractivity (Wildman–Crippen MR) is 186 cm³/mol. The van der Waals surface area contributed by atoms with Gasteiger partial charge in [0.05, 0.1) is 33.0 Å². The topological polar surface area (TPSA) is 97.8 Å². The van der Waals surface area contributed by atoms with Crippen LogP contribution in [0.25, 0.3) is 0 Å². The van der Waals surface area contributed by atoms with E-state index in [4.69, 9.17) is 18.9 Å². The molecular weight excluding hydrogens is 620 g/mol. The maximum absolute atomic E-state index is 14.5. The summed E-state index contributed by atoms with van der Waals surface area (Å²) in [6.45, 7) is 2.39. The van der Waals surface area contributed by atoms with Crippen LogP contribution >= 0.6 is 0 Å². The second-order valence-electron chi connectivity index (χ2n) is 12.4. The molecule has 9 heteroatoms. The molecule has 1 saturated heterocycles. The molecule has 1 fully saturated rings. The van der Waals surface area contributed by atoms with Gasteiger partial charge in [-0.05, 0) is 29.3 Å². The summed E-state index contributed by atoms with van der Waals surface area (Å²) >= 11 is 0. The van der Waals surface area contributed by atoms with E-state index in [1.807, 2.05) is 128 Å². The zero-order valence-corrected chi connectivity index (χ0v) is 28.0. The zero-order chi connectivity index (χ0) is 34.3. The lowest BCUT2D eigenvalue weighted by molar-refractivity contribution is -0.218. The Morgan fingerprint density at radius 2 is 1.10 bits per heavy atom. The van der Waals surface area contributed by atoms with Crippen LogP contribution in [-0.2, 0) is 55.0 Å². The second kappa shape index (κ2) is 18.5. The van der Waals surface area contributed by atoms with Crippen molar-refractivity contribution in [2.75, 3.05) is 39.8 Å². The minimum Gasteiger partial charge on any atom is -0.377 e. The molecule has 1 N–H and O–H groups in total. The van der Waals surface area contributed by atoms with Gasteiger partial charge in [0.25, 0.3) is 5.91 Å². The molecule has 49 heavy (non-hydrogen) atoms. The van der Waals surface area contributed by atoms with Gasteiger partial charge in [-0.25, -0.2) is 0 Å². The minimum absolute atomic E-state index is 0.0413. The summed E-state index contributed by atoms with van der Waals surface area (Å²) in [6, 6.07) is 38.0. The summed E-state index contributed by atoms with van der Waals surface area (Å²) in [5.74, 6) is -0.297. The number of hydrogen-bond acceptors (Lipinski definition) is 8. The van der Waals surface area contributed by atoms with E-state index in [0.717, 1.165) is 22.3 Å². The summed E-state index contributed by atoms with van der Waals surface area (Å²) in [5, 5.41) is 12.2. The first-order chi connectivity index (χ1) is 23.9. The Labute approximate surface area is 289 Å². The number of amides is 1. The van der Waals surface area contributed by atoms with Crippen molar-refractivity contribution in [1.82, 2.24) is 9.80 Å². The van der Waals surface area contributed by atoms with Gasteiger partial charge in [-0.1, -0.05) is 121 Å². The molecule has 1 aliphatic heterocycles. The number of nitrogens with zero attached hydrogens (tertiary/aromatic N) is 2. The van der Waals surface area contributed by atoms with Gasteiger partial charge in [-0.3, -0.25) is 9.59 Å². The van der Waals surface area contributed by atoms with Gasteiger partial charge in [0, 0.05) is 26.2 Å². The van der Waals surface area contributed by atoms with Gasteiger partial charge in [0.1, 0.15) is 12.2 Å². The minimum atomic E-state index is -2.21. The highest BCUT2D eigenvalue weighted by Crippen LogP contribution is 2.28. The Hall–Kier alpha value is -4.22. The van der Waals surface area contributed by atoms with Crippen LogP contribution in [0.1, 0.15) is 22.3 Å². The molecule has 1 amide bonds. The first-order valence-corrected chi connectivity index (χ1v) is 16.7. The Morgan fingerprint density at radius 3 is 1.57 bits per heavy atom. The fraction of sp³-hybridized carbons (Fsp3) is 0.350. The van der Waals surface area contributed by atoms with E-state index in [0.29, 0.717) is 32.5 Å². The molecule has 0 unspecified atom stereocenters. The van der Waals surface area contributed by atoms with Crippen molar-refractivity contribution in [3.63, 3.8) is 0 Å². The molecule has 4 aromatic carbocycles. The normalized spacial score (nSPS) is 16.7. The standard InChI is InChI=1S/C40H46N2O7/c1-41-22-24-42(25-23-41)39(44)37(48-28-34-18-10-4-11-19-34)36(47-27-33-16-8-3-9-17-33)38(49-29-35-20-12-5-13-21-35)40(45,30-43)31-46-26-32-14-6-2-7-15-32/h2-21,30,36-38,45H,22-29,31H2,1H3/t36-,37-,38+,40+/m1/s1. The number of aliphatic hydroxyl groups is 1. The Balaban J connectivity index is 1.52. The summed E-state index contributed by atoms with van der Waals surface area (Å²) < 4.78 is 25.5. The average molecular weight is 667 g/mol. The molecule has 4 aromatic rings. The third-order valence-corrected chi connectivity index (χ3v) is 8.63. The number of carbonyl (C=O) groups is 2. The van der Waals surface area contributed by atoms with Gasteiger partial charge in [-0.2, -0.15) is 0 Å². The van der Waals surface area contributed by atoms with Gasteiger partial charge < -0.3 is 33.9 Å². The zero-order valence-electron chi connectivity index (χ0n) is 28.0. The Kier molecular flexibility index (Phi) is 13.6. The first-order valence-electron chi connectivity index (χ1n) is 16.7. The molecule has 258 valence electrons. The highest BCUT2D eigenvalue weighted by Gasteiger charge is 2.50. The van der Waals surface area contributed by atoms with E-state index in [1.54, 1.807) is 4.90 Å². The number of piperazine rings is 1. The largest absolute Gasteiger partial charge is 0.377 e. The molecule has 1 heterocycles. The maximum atomic E-state index is 14.5. The van der Waals surface area contributed by atoms with E-state index in [2.05, 4.69) is 4.90 Å². The van der Waals surface area contributed by atoms with Crippen LogP contribution in [0, 0.1) is 0 Å². The van der Waals surface area contributed by atoms with Crippen LogP contribution in [0.2, 0.25) is 0 Å². The van der Waals surface area contributed by atoms with Crippen molar-refractivity contribution in [2.24, 2.45) is 0 Å². The molecule has 5 rings (SSSR count). The second-order valence-corrected chi connectivity index (χ2v) is 12.4. The van der Waals surface area contributed by atoms with E-state index < -0.39 is 30.5 Å². The lowest BCUT2D eigenvalue weighted by atomic mass is 9.90. The summed E-state index contributed by atoms with van der Waals surface area (Å²) in [4.78, 5) is 31.4. The molecular formula is C40H46N2O7. The Morgan fingerprint density at radius 1 is 0.673 bits per heavy atom. The first kappa shape index (κ1) is 36.1. The smallest absolute Gasteiger partial charge is 0.254 e. The SMILES string of the molecule is CN1CCN(C(=O)[C@H](OCc2ccccc2)[C@@H](OCc2ccccc2)[C@H](OCc2ccccc2)[C@](O)(C=O)COCc2ccccc2)CC1. The number of rotatable bonds is 18. The predicted octanol–water partition coefficient (Wildman–Crippen LogP) is 4.66. The van der Waals surface area contributed by atoms with Crippen molar-refractivity contribution >= 4 is 12.2 Å². The molecule has 0 aromatic heterocycles. The van der Waals surface area contributed by atoms with Gasteiger partial charge >= 0.3 is 0 Å². The number of carbonyl (C=O) groups excluding carboxylic acids is 2. The quantitative estimate of drug-likeness (QED) is 0.153. The highest BCUT2D eigenvalue weighted by molar-refractivity contribution is 5.82. The van der Waals surface area contributed by atoms with Crippen molar-refractivity contribution in [3.05, 3.63) is 144 Å².